The molecule has 0 saturated heterocycles. The van der Waals surface area contributed by atoms with E-state index < -0.39 is 5.97 Å². The average Bonchev–Trinajstić information content (AvgIpc) is 1.94. The van der Waals surface area contributed by atoms with E-state index >= 15 is 0 Å². The van der Waals surface area contributed by atoms with Gasteiger partial charge < -0.3 is 10.8 Å². The van der Waals surface area contributed by atoms with E-state index in [1.165, 1.54) is 25.7 Å². The van der Waals surface area contributed by atoms with E-state index in [1.54, 1.807) is 0 Å². The summed E-state index contributed by atoms with van der Waals surface area (Å²) in [6.07, 6.45) is 5.16. The topological polar surface area (TPSA) is 63.3 Å². The summed E-state index contributed by atoms with van der Waals surface area (Å²) in [5, 5.41) is 7.42. The molecule has 0 amide bonds. The number of hydrogen-bond donors (Lipinski definition) is 2. The molecule has 0 aromatic heterocycles. The quantitative estimate of drug-likeness (QED) is 0.632. The van der Waals surface area contributed by atoms with Crippen LogP contribution in [0.25, 0.3) is 0 Å². The van der Waals surface area contributed by atoms with Gasteiger partial charge in [0.1, 0.15) is 0 Å². The van der Waals surface area contributed by atoms with Crippen molar-refractivity contribution in [3.8, 4) is 0 Å². The van der Waals surface area contributed by atoms with Crippen LogP contribution >= 0.6 is 0 Å². The third-order valence-corrected chi connectivity index (χ3v) is 3.29. The average molecular weight is 201 g/mol. The van der Waals surface area contributed by atoms with E-state index in [9.17, 15) is 0 Å². The van der Waals surface area contributed by atoms with Gasteiger partial charge in [-0.2, -0.15) is 0 Å². The molecule has 0 aromatic carbocycles. The van der Waals surface area contributed by atoms with E-state index in [4.69, 9.17) is 15.6 Å². The van der Waals surface area contributed by atoms with Crippen molar-refractivity contribution < 1.29 is 9.90 Å². The summed E-state index contributed by atoms with van der Waals surface area (Å²) < 4.78 is 0. The van der Waals surface area contributed by atoms with E-state index in [2.05, 4.69) is 20.8 Å². The fraction of sp³-hybridized carbons (Fsp3) is 0.909. The zero-order chi connectivity index (χ0) is 11.4. The molecule has 3 N–H and O–H groups in total. The molecule has 1 fully saturated rings. The van der Waals surface area contributed by atoms with Crippen LogP contribution in [0.1, 0.15) is 53.4 Å². The highest BCUT2D eigenvalue weighted by atomic mass is 16.4. The first-order valence-corrected chi connectivity index (χ1v) is 5.17. The van der Waals surface area contributed by atoms with Gasteiger partial charge in [-0.15, -0.1) is 0 Å². The molecule has 3 nitrogen and oxygen atoms in total. The highest BCUT2D eigenvalue weighted by molar-refractivity contribution is 5.62. The molecule has 1 aliphatic carbocycles. The van der Waals surface area contributed by atoms with E-state index in [-0.39, 0.29) is 5.54 Å². The van der Waals surface area contributed by atoms with Crippen LogP contribution in [0, 0.1) is 5.41 Å². The molecule has 1 aliphatic rings. The van der Waals surface area contributed by atoms with Crippen molar-refractivity contribution in [2.45, 2.75) is 58.9 Å². The second kappa shape index (κ2) is 4.78. The zero-order valence-corrected chi connectivity index (χ0v) is 9.76. The molecular formula is C11H23NO2. The maximum absolute atomic E-state index is 9.00. The first kappa shape index (κ1) is 13.4. The smallest absolute Gasteiger partial charge is 0.300 e. The second-order valence-electron chi connectivity index (χ2n) is 5.03. The summed E-state index contributed by atoms with van der Waals surface area (Å²) in [5.74, 6) is -0.833. The standard InChI is InChI=1S/C9H19N.C2H4O2/c1-8(2)6-4-5-7-9(8,3)10;1-2(3)4/h4-7,10H2,1-3H3;1H3,(H,3,4). The molecule has 1 atom stereocenters. The van der Waals surface area contributed by atoms with Crippen LogP contribution in [0.2, 0.25) is 0 Å². The second-order valence-corrected chi connectivity index (χ2v) is 5.03. The first-order chi connectivity index (χ1) is 6.19. The SMILES string of the molecule is CC(=O)O.CC1(C)CCCCC1(C)N. The summed E-state index contributed by atoms with van der Waals surface area (Å²) in [6, 6.07) is 0. The van der Waals surface area contributed by atoms with Gasteiger partial charge in [-0.05, 0) is 25.2 Å². The summed E-state index contributed by atoms with van der Waals surface area (Å²) in [7, 11) is 0. The Kier molecular flexibility index (Phi) is 4.59. The Morgan fingerprint density at radius 1 is 1.21 bits per heavy atom. The van der Waals surface area contributed by atoms with Gasteiger partial charge in [-0.1, -0.05) is 26.7 Å². The van der Waals surface area contributed by atoms with Crippen molar-refractivity contribution >= 4 is 5.97 Å². The summed E-state index contributed by atoms with van der Waals surface area (Å²) in [6.45, 7) is 7.84. The molecule has 1 rings (SSSR count). The molecule has 84 valence electrons. The van der Waals surface area contributed by atoms with Crippen molar-refractivity contribution in [2.24, 2.45) is 11.1 Å². The number of aliphatic carboxylic acids is 1. The van der Waals surface area contributed by atoms with Crippen LogP contribution in [0.4, 0.5) is 0 Å². The Bertz CT molecular complexity index is 177. The minimum atomic E-state index is -0.833. The van der Waals surface area contributed by atoms with E-state index in [0.717, 1.165) is 6.92 Å². The Labute approximate surface area is 86.7 Å². The largest absolute Gasteiger partial charge is 0.481 e. The van der Waals surface area contributed by atoms with Crippen molar-refractivity contribution in [1.82, 2.24) is 0 Å². The first-order valence-electron chi connectivity index (χ1n) is 5.17. The lowest BCUT2D eigenvalue weighted by Gasteiger charge is -2.45. The van der Waals surface area contributed by atoms with Gasteiger partial charge in [-0.3, -0.25) is 4.79 Å². The fourth-order valence-electron chi connectivity index (χ4n) is 1.68. The number of carboxylic acids is 1. The highest BCUT2D eigenvalue weighted by Crippen LogP contribution is 2.41. The third kappa shape index (κ3) is 4.09. The van der Waals surface area contributed by atoms with Crippen molar-refractivity contribution in [1.29, 1.82) is 0 Å². The molecule has 14 heavy (non-hydrogen) atoms. The highest BCUT2D eigenvalue weighted by Gasteiger charge is 2.39. The normalized spacial score (nSPS) is 30.1. The number of carbonyl (C=O) groups is 1. The van der Waals surface area contributed by atoms with Gasteiger partial charge in [-0.25, -0.2) is 0 Å². The van der Waals surface area contributed by atoms with Crippen molar-refractivity contribution in [3.63, 3.8) is 0 Å². The predicted octanol–water partition coefficient (Wildman–Crippen LogP) is 2.39. The van der Waals surface area contributed by atoms with Crippen LogP contribution in [0.3, 0.4) is 0 Å². The number of carboxylic acid groups (broad SMARTS) is 1. The van der Waals surface area contributed by atoms with E-state index in [0.29, 0.717) is 5.41 Å². The van der Waals surface area contributed by atoms with Gasteiger partial charge >= 0.3 is 0 Å². The molecule has 0 heterocycles. The lowest BCUT2D eigenvalue weighted by molar-refractivity contribution is -0.134. The van der Waals surface area contributed by atoms with Crippen LogP contribution < -0.4 is 5.73 Å². The third-order valence-electron chi connectivity index (χ3n) is 3.29. The van der Waals surface area contributed by atoms with Gasteiger partial charge in [0, 0.05) is 12.5 Å². The van der Waals surface area contributed by atoms with Crippen LogP contribution in [-0.2, 0) is 4.79 Å². The number of rotatable bonds is 0. The molecule has 1 saturated carbocycles. The Morgan fingerprint density at radius 2 is 1.57 bits per heavy atom. The van der Waals surface area contributed by atoms with Crippen LogP contribution in [0.15, 0.2) is 0 Å². The zero-order valence-electron chi connectivity index (χ0n) is 9.76. The maximum atomic E-state index is 9.00. The lowest BCUT2D eigenvalue weighted by atomic mass is 9.65. The predicted molar refractivity (Wildman–Crippen MR) is 58.2 cm³/mol. The summed E-state index contributed by atoms with van der Waals surface area (Å²) >= 11 is 0. The lowest BCUT2D eigenvalue weighted by Crippen LogP contribution is -2.51. The summed E-state index contributed by atoms with van der Waals surface area (Å²) in [5.41, 5.74) is 6.58. The number of nitrogens with two attached hydrogens (primary N) is 1. The van der Waals surface area contributed by atoms with Gasteiger partial charge in [0.05, 0.1) is 0 Å². The van der Waals surface area contributed by atoms with Crippen LogP contribution in [0.5, 0.6) is 0 Å². The van der Waals surface area contributed by atoms with Gasteiger partial charge in [0.25, 0.3) is 5.97 Å². The molecule has 1 unspecified atom stereocenters. The Hall–Kier alpha value is -0.570. The summed E-state index contributed by atoms with van der Waals surface area (Å²) in [4.78, 5) is 9.00. The van der Waals surface area contributed by atoms with E-state index in [1.807, 2.05) is 0 Å². The molecule has 0 aromatic rings. The van der Waals surface area contributed by atoms with Crippen molar-refractivity contribution in [2.75, 3.05) is 0 Å². The van der Waals surface area contributed by atoms with Crippen LogP contribution in [-0.4, -0.2) is 16.6 Å². The Morgan fingerprint density at radius 3 is 1.79 bits per heavy atom. The number of hydrogen-bond acceptors (Lipinski definition) is 2. The molecule has 0 radical (unpaired) electrons. The fourth-order valence-corrected chi connectivity index (χ4v) is 1.68. The molecule has 0 bridgehead atoms. The molecule has 0 spiro atoms. The van der Waals surface area contributed by atoms with Gasteiger partial charge in [0.15, 0.2) is 0 Å². The minimum Gasteiger partial charge on any atom is -0.481 e. The molecule has 0 aliphatic heterocycles. The maximum Gasteiger partial charge on any atom is 0.300 e. The Balaban J connectivity index is 0.000000364. The molecular weight excluding hydrogens is 178 g/mol. The molecule has 3 heteroatoms. The van der Waals surface area contributed by atoms with Gasteiger partial charge in [0.2, 0.25) is 0 Å². The van der Waals surface area contributed by atoms with Crippen molar-refractivity contribution in [3.05, 3.63) is 0 Å². The minimum absolute atomic E-state index is 0.0747. The monoisotopic (exact) mass is 201 g/mol.